The summed E-state index contributed by atoms with van der Waals surface area (Å²) in [7, 11) is 1.70. The Balaban J connectivity index is 1.40. The van der Waals surface area contributed by atoms with Crippen LogP contribution in [0, 0.1) is 0 Å². The summed E-state index contributed by atoms with van der Waals surface area (Å²) >= 11 is 0. The van der Waals surface area contributed by atoms with Crippen LogP contribution < -0.4 is 9.64 Å². The molecule has 1 aromatic carbocycles. The molecule has 0 radical (unpaired) electrons. The van der Waals surface area contributed by atoms with Gasteiger partial charge in [-0.1, -0.05) is 12.6 Å². The molecule has 6 heteroatoms. The minimum atomic E-state index is 0.0643. The summed E-state index contributed by atoms with van der Waals surface area (Å²) in [4.78, 5) is 16.6. The second kappa shape index (κ2) is 7.70. The first-order valence-corrected chi connectivity index (χ1v) is 9.98. The molecular weight excluding hydrogens is 352 g/mol. The van der Waals surface area contributed by atoms with Gasteiger partial charge in [-0.15, -0.1) is 0 Å². The number of methoxy groups -OCH3 is 1. The lowest BCUT2D eigenvalue weighted by molar-refractivity contribution is 0.101. The molecule has 1 aromatic heterocycles. The third-order valence-corrected chi connectivity index (χ3v) is 5.82. The lowest BCUT2D eigenvalue weighted by Gasteiger charge is -2.38. The van der Waals surface area contributed by atoms with Gasteiger partial charge in [-0.25, -0.2) is 0 Å². The standard InChI is InChI=1S/C22H28N4O2/c1-16(15-26-21-9-5-8-20(21)22(23-26)17(2)27)24-10-12-25(13-11-24)18-6-4-7-19(14-18)28-3/h4,6-7,14H,1,5,8-13,15H2,2-3H3. The Morgan fingerprint density at radius 1 is 1.21 bits per heavy atom. The SMILES string of the molecule is C=C(Cn1nc(C(C)=O)c2c1CCC2)N1CCN(c2cccc(OC)c2)CC1. The number of fused-ring (bicyclic) bond motifs is 1. The van der Waals surface area contributed by atoms with Crippen molar-refractivity contribution in [3.63, 3.8) is 0 Å². The van der Waals surface area contributed by atoms with Gasteiger partial charge >= 0.3 is 0 Å². The Labute approximate surface area is 166 Å². The van der Waals surface area contributed by atoms with Crippen molar-refractivity contribution in [3.05, 3.63) is 53.5 Å². The van der Waals surface area contributed by atoms with Crippen molar-refractivity contribution in [3.8, 4) is 5.75 Å². The minimum absolute atomic E-state index is 0.0643. The molecule has 2 heterocycles. The molecule has 0 N–H and O–H groups in total. The van der Waals surface area contributed by atoms with Crippen LogP contribution in [0.2, 0.25) is 0 Å². The topological polar surface area (TPSA) is 50.6 Å². The Kier molecular flexibility index (Phi) is 5.11. The molecule has 2 aromatic rings. The first-order valence-electron chi connectivity index (χ1n) is 9.98. The highest BCUT2D eigenvalue weighted by atomic mass is 16.5. The number of nitrogens with zero attached hydrogens (tertiary/aromatic N) is 4. The molecule has 0 unspecified atom stereocenters. The summed E-state index contributed by atoms with van der Waals surface area (Å²) in [6.07, 6.45) is 3.08. The number of hydrogen-bond donors (Lipinski definition) is 0. The molecule has 1 aliphatic heterocycles. The fourth-order valence-corrected chi connectivity index (χ4v) is 4.28. The fraction of sp³-hybridized carbons (Fsp3) is 0.455. The molecule has 6 nitrogen and oxygen atoms in total. The van der Waals surface area contributed by atoms with E-state index in [0.29, 0.717) is 12.2 Å². The summed E-state index contributed by atoms with van der Waals surface area (Å²) < 4.78 is 7.35. The second-order valence-corrected chi connectivity index (χ2v) is 7.58. The molecule has 0 spiro atoms. The van der Waals surface area contributed by atoms with E-state index in [4.69, 9.17) is 4.74 Å². The molecule has 1 aliphatic carbocycles. The van der Waals surface area contributed by atoms with Crippen LogP contribution in [0.4, 0.5) is 5.69 Å². The zero-order chi connectivity index (χ0) is 19.7. The van der Waals surface area contributed by atoms with Crippen LogP contribution >= 0.6 is 0 Å². The molecule has 2 aliphatic rings. The zero-order valence-electron chi connectivity index (χ0n) is 16.8. The molecular formula is C22H28N4O2. The number of Topliss-reactive ketones (excluding diaryl/α,β-unsaturated/α-hetero) is 1. The van der Waals surface area contributed by atoms with Gasteiger partial charge in [0, 0.05) is 61.8 Å². The van der Waals surface area contributed by atoms with Crippen molar-refractivity contribution < 1.29 is 9.53 Å². The molecule has 0 bridgehead atoms. The van der Waals surface area contributed by atoms with Crippen LogP contribution in [0.1, 0.15) is 35.1 Å². The van der Waals surface area contributed by atoms with Gasteiger partial charge in [0.2, 0.25) is 0 Å². The number of ether oxygens (including phenoxy) is 1. The predicted octanol–water partition coefficient (Wildman–Crippen LogP) is 2.92. The summed E-state index contributed by atoms with van der Waals surface area (Å²) in [5.74, 6) is 0.951. The number of allylic oxidation sites excluding steroid dienone is 1. The maximum atomic E-state index is 11.9. The number of aromatic nitrogens is 2. The number of ketones is 1. The summed E-state index contributed by atoms with van der Waals surface area (Å²) in [5.41, 5.74) is 5.30. The van der Waals surface area contributed by atoms with Crippen molar-refractivity contribution in [2.45, 2.75) is 32.7 Å². The van der Waals surface area contributed by atoms with Gasteiger partial charge < -0.3 is 14.5 Å². The van der Waals surface area contributed by atoms with Crippen LogP contribution in [0.5, 0.6) is 5.75 Å². The predicted molar refractivity (Wildman–Crippen MR) is 110 cm³/mol. The van der Waals surface area contributed by atoms with Gasteiger partial charge in [-0.3, -0.25) is 9.48 Å². The Bertz CT molecular complexity index is 894. The van der Waals surface area contributed by atoms with E-state index < -0.39 is 0 Å². The molecule has 0 amide bonds. The molecule has 1 fully saturated rings. The van der Waals surface area contributed by atoms with E-state index in [1.807, 2.05) is 16.8 Å². The number of hydrogen-bond acceptors (Lipinski definition) is 5. The van der Waals surface area contributed by atoms with Gasteiger partial charge in [0.25, 0.3) is 0 Å². The normalized spacial score (nSPS) is 16.2. The van der Waals surface area contributed by atoms with Gasteiger partial charge in [-0.2, -0.15) is 5.10 Å². The van der Waals surface area contributed by atoms with Crippen molar-refractivity contribution in [2.24, 2.45) is 0 Å². The highest BCUT2D eigenvalue weighted by Crippen LogP contribution is 2.27. The Morgan fingerprint density at radius 2 is 2.00 bits per heavy atom. The van der Waals surface area contributed by atoms with Gasteiger partial charge in [-0.05, 0) is 31.4 Å². The largest absolute Gasteiger partial charge is 0.497 e. The maximum Gasteiger partial charge on any atom is 0.180 e. The number of carbonyl (C=O) groups is 1. The van der Waals surface area contributed by atoms with Crippen LogP contribution in [-0.4, -0.2) is 53.8 Å². The highest BCUT2D eigenvalue weighted by molar-refractivity contribution is 5.94. The van der Waals surface area contributed by atoms with Gasteiger partial charge in [0.1, 0.15) is 11.4 Å². The Morgan fingerprint density at radius 3 is 2.71 bits per heavy atom. The van der Waals surface area contributed by atoms with Crippen molar-refractivity contribution in [1.82, 2.24) is 14.7 Å². The molecule has 4 rings (SSSR count). The van der Waals surface area contributed by atoms with Crippen LogP contribution in [0.15, 0.2) is 36.5 Å². The highest BCUT2D eigenvalue weighted by Gasteiger charge is 2.26. The van der Waals surface area contributed by atoms with E-state index >= 15 is 0 Å². The maximum absolute atomic E-state index is 11.9. The lowest BCUT2D eigenvalue weighted by Crippen LogP contribution is -2.46. The van der Waals surface area contributed by atoms with Gasteiger partial charge in [0.15, 0.2) is 5.78 Å². The van der Waals surface area contributed by atoms with E-state index in [1.54, 1.807) is 14.0 Å². The van der Waals surface area contributed by atoms with E-state index in [1.165, 1.54) is 11.4 Å². The van der Waals surface area contributed by atoms with Crippen LogP contribution in [0.25, 0.3) is 0 Å². The fourth-order valence-electron chi connectivity index (χ4n) is 4.28. The molecule has 1 saturated heterocycles. The summed E-state index contributed by atoms with van der Waals surface area (Å²) in [6.45, 7) is 10.3. The zero-order valence-corrected chi connectivity index (χ0v) is 16.8. The quantitative estimate of drug-likeness (QED) is 0.721. The number of carbonyl (C=O) groups excluding carboxylic acids is 1. The first kappa shape index (κ1) is 18.6. The minimum Gasteiger partial charge on any atom is -0.497 e. The van der Waals surface area contributed by atoms with Crippen LogP contribution in [-0.2, 0) is 19.4 Å². The number of anilines is 1. The third kappa shape index (κ3) is 3.51. The van der Waals surface area contributed by atoms with Gasteiger partial charge in [0.05, 0.1) is 13.7 Å². The average molecular weight is 380 g/mol. The molecule has 0 atom stereocenters. The second-order valence-electron chi connectivity index (χ2n) is 7.58. The monoisotopic (exact) mass is 380 g/mol. The van der Waals surface area contributed by atoms with Crippen molar-refractivity contribution in [1.29, 1.82) is 0 Å². The van der Waals surface area contributed by atoms with E-state index in [9.17, 15) is 4.79 Å². The van der Waals surface area contributed by atoms with Crippen molar-refractivity contribution >= 4 is 11.5 Å². The van der Waals surface area contributed by atoms with Crippen LogP contribution in [0.3, 0.4) is 0 Å². The van der Waals surface area contributed by atoms with E-state index in [-0.39, 0.29) is 5.78 Å². The molecule has 28 heavy (non-hydrogen) atoms. The number of benzene rings is 1. The molecule has 148 valence electrons. The summed E-state index contributed by atoms with van der Waals surface area (Å²) in [6, 6.07) is 8.22. The van der Waals surface area contributed by atoms with E-state index in [2.05, 4.69) is 33.6 Å². The first-order chi connectivity index (χ1) is 13.6. The average Bonchev–Trinajstić information content (AvgIpc) is 3.32. The number of rotatable bonds is 6. The Hall–Kier alpha value is -2.76. The van der Waals surface area contributed by atoms with E-state index in [0.717, 1.165) is 62.5 Å². The summed E-state index contributed by atoms with van der Waals surface area (Å²) in [5, 5.41) is 4.60. The third-order valence-electron chi connectivity index (χ3n) is 5.82. The number of piperazine rings is 1. The molecule has 0 saturated carbocycles. The lowest BCUT2D eigenvalue weighted by atomic mass is 10.1. The smallest absolute Gasteiger partial charge is 0.180 e. The van der Waals surface area contributed by atoms with Crippen molar-refractivity contribution in [2.75, 3.05) is 38.2 Å².